The van der Waals surface area contributed by atoms with Crippen molar-refractivity contribution in [1.82, 2.24) is 4.90 Å². The van der Waals surface area contributed by atoms with Gasteiger partial charge in [0, 0.05) is 13.1 Å². The van der Waals surface area contributed by atoms with Gasteiger partial charge in [-0.15, -0.1) is 0 Å². The molecule has 1 aromatic rings. The highest BCUT2D eigenvalue weighted by Crippen LogP contribution is 2.17. The van der Waals surface area contributed by atoms with Gasteiger partial charge in [-0.2, -0.15) is 5.26 Å². The van der Waals surface area contributed by atoms with E-state index in [1.54, 1.807) is 4.90 Å². The van der Waals surface area contributed by atoms with Gasteiger partial charge >= 0.3 is 0 Å². The molecule has 1 aliphatic heterocycles. The molecule has 1 amide bonds. The van der Waals surface area contributed by atoms with Crippen molar-refractivity contribution in [2.75, 3.05) is 13.1 Å². The monoisotopic (exact) mass is 264 g/mol. The summed E-state index contributed by atoms with van der Waals surface area (Å²) in [6.07, 6.45) is 1.66. The summed E-state index contributed by atoms with van der Waals surface area (Å²) in [6, 6.07) is 5.63. The van der Waals surface area contributed by atoms with Gasteiger partial charge in [-0.05, 0) is 30.5 Å². The largest absolute Gasteiger partial charge is 0.341 e. The van der Waals surface area contributed by atoms with Crippen LogP contribution in [0.25, 0.3) is 0 Å². The van der Waals surface area contributed by atoms with Crippen LogP contribution in [-0.2, 0) is 11.2 Å². The van der Waals surface area contributed by atoms with E-state index in [0.717, 1.165) is 25.0 Å². The van der Waals surface area contributed by atoms with Crippen LogP contribution >= 0.6 is 0 Å². The quantitative estimate of drug-likeness (QED) is 0.822. The van der Waals surface area contributed by atoms with E-state index in [-0.39, 0.29) is 18.2 Å². The van der Waals surface area contributed by atoms with E-state index in [0.29, 0.717) is 18.7 Å². The first kappa shape index (κ1) is 13.5. The minimum atomic E-state index is -0.946. The van der Waals surface area contributed by atoms with E-state index in [2.05, 4.69) is 6.07 Å². The maximum absolute atomic E-state index is 13.0. The minimum Gasteiger partial charge on any atom is -0.341 e. The normalized spacial score (nSPS) is 19.0. The molecule has 0 radical (unpaired) electrons. The molecule has 0 aromatic heterocycles. The van der Waals surface area contributed by atoms with Crippen LogP contribution in [0.3, 0.4) is 0 Å². The predicted molar refractivity (Wildman–Crippen MR) is 65.0 cm³/mol. The van der Waals surface area contributed by atoms with Crippen molar-refractivity contribution in [3.63, 3.8) is 0 Å². The number of likely N-dealkylation sites (tertiary alicyclic amines) is 1. The van der Waals surface area contributed by atoms with Gasteiger partial charge in [-0.1, -0.05) is 6.07 Å². The van der Waals surface area contributed by atoms with Gasteiger partial charge < -0.3 is 4.90 Å². The van der Waals surface area contributed by atoms with Crippen LogP contribution in [0.2, 0.25) is 0 Å². The molecular formula is C14H14F2N2O. The first-order valence-corrected chi connectivity index (χ1v) is 6.21. The number of carbonyl (C=O) groups is 1. The van der Waals surface area contributed by atoms with Crippen LogP contribution in [0.4, 0.5) is 8.78 Å². The lowest BCUT2D eigenvalue weighted by atomic mass is 9.99. The zero-order valence-corrected chi connectivity index (χ0v) is 10.4. The molecule has 1 aliphatic rings. The van der Waals surface area contributed by atoms with Crippen LogP contribution in [-0.4, -0.2) is 23.9 Å². The molecule has 19 heavy (non-hydrogen) atoms. The second-order valence-corrected chi connectivity index (χ2v) is 4.73. The minimum absolute atomic E-state index is 0.0371. The highest BCUT2D eigenvalue weighted by Gasteiger charge is 2.23. The zero-order chi connectivity index (χ0) is 13.8. The van der Waals surface area contributed by atoms with Gasteiger partial charge in [0.25, 0.3) is 0 Å². The van der Waals surface area contributed by atoms with Crippen molar-refractivity contribution in [1.29, 1.82) is 5.26 Å². The SMILES string of the molecule is N#CC1CCCN(C(=O)Cc2ccc(F)c(F)c2)C1. The maximum atomic E-state index is 13.0. The highest BCUT2D eigenvalue weighted by atomic mass is 19.2. The molecule has 0 spiro atoms. The fraction of sp³-hybridized carbons (Fsp3) is 0.429. The van der Waals surface area contributed by atoms with Crippen LogP contribution in [0.15, 0.2) is 18.2 Å². The molecule has 1 heterocycles. The molecule has 0 aliphatic carbocycles. The van der Waals surface area contributed by atoms with Crippen LogP contribution < -0.4 is 0 Å². The average Bonchev–Trinajstić information content (AvgIpc) is 2.43. The lowest BCUT2D eigenvalue weighted by molar-refractivity contribution is -0.131. The summed E-state index contributed by atoms with van der Waals surface area (Å²) < 4.78 is 25.8. The summed E-state index contributed by atoms with van der Waals surface area (Å²) >= 11 is 0. The number of piperidine rings is 1. The molecule has 1 fully saturated rings. The van der Waals surface area contributed by atoms with Crippen molar-refractivity contribution >= 4 is 5.91 Å². The fourth-order valence-electron chi connectivity index (χ4n) is 2.25. The first-order chi connectivity index (χ1) is 9.10. The van der Waals surface area contributed by atoms with Gasteiger partial charge in [0.15, 0.2) is 11.6 Å². The van der Waals surface area contributed by atoms with E-state index in [1.165, 1.54) is 6.07 Å². The molecule has 3 nitrogen and oxygen atoms in total. The van der Waals surface area contributed by atoms with Crippen molar-refractivity contribution in [2.45, 2.75) is 19.3 Å². The van der Waals surface area contributed by atoms with Crippen molar-refractivity contribution in [3.05, 3.63) is 35.4 Å². The smallest absolute Gasteiger partial charge is 0.227 e. The Morgan fingerprint density at radius 2 is 2.21 bits per heavy atom. The van der Waals surface area contributed by atoms with Gasteiger partial charge in [0.1, 0.15) is 0 Å². The zero-order valence-electron chi connectivity index (χ0n) is 10.4. The van der Waals surface area contributed by atoms with E-state index in [4.69, 9.17) is 5.26 Å². The molecule has 1 atom stereocenters. The topological polar surface area (TPSA) is 44.1 Å². The molecular weight excluding hydrogens is 250 g/mol. The Kier molecular flexibility index (Phi) is 4.10. The molecule has 0 N–H and O–H groups in total. The summed E-state index contributed by atoms with van der Waals surface area (Å²) in [5.41, 5.74) is 0.447. The molecule has 0 saturated carbocycles. The number of hydrogen-bond acceptors (Lipinski definition) is 2. The van der Waals surface area contributed by atoms with Crippen LogP contribution in [0.1, 0.15) is 18.4 Å². The summed E-state index contributed by atoms with van der Waals surface area (Å²) in [4.78, 5) is 13.6. The Hall–Kier alpha value is -1.96. The molecule has 1 saturated heterocycles. The summed E-state index contributed by atoms with van der Waals surface area (Å²) in [5.74, 6) is -2.13. The van der Waals surface area contributed by atoms with Crippen molar-refractivity contribution in [2.24, 2.45) is 5.92 Å². The Morgan fingerprint density at radius 3 is 2.89 bits per heavy atom. The molecule has 100 valence electrons. The van der Waals surface area contributed by atoms with Crippen LogP contribution in [0, 0.1) is 28.9 Å². The molecule has 5 heteroatoms. The van der Waals surface area contributed by atoms with Gasteiger partial charge in [0.05, 0.1) is 18.4 Å². The average molecular weight is 264 g/mol. The highest BCUT2D eigenvalue weighted by molar-refractivity contribution is 5.78. The summed E-state index contributed by atoms with van der Waals surface area (Å²) in [7, 11) is 0. The second kappa shape index (κ2) is 5.79. The van der Waals surface area contributed by atoms with E-state index in [1.807, 2.05) is 0 Å². The third-order valence-corrected chi connectivity index (χ3v) is 3.30. The van der Waals surface area contributed by atoms with Crippen molar-refractivity contribution < 1.29 is 13.6 Å². The molecule has 1 aromatic carbocycles. The summed E-state index contributed by atoms with van der Waals surface area (Å²) in [6.45, 7) is 1.06. The lowest BCUT2D eigenvalue weighted by Gasteiger charge is -2.29. The number of hydrogen-bond donors (Lipinski definition) is 0. The van der Waals surface area contributed by atoms with E-state index < -0.39 is 11.6 Å². The lowest BCUT2D eigenvalue weighted by Crippen LogP contribution is -2.40. The molecule has 2 rings (SSSR count). The maximum Gasteiger partial charge on any atom is 0.227 e. The van der Waals surface area contributed by atoms with Gasteiger partial charge in [0.2, 0.25) is 5.91 Å². The number of carbonyl (C=O) groups excluding carboxylic acids is 1. The van der Waals surface area contributed by atoms with E-state index in [9.17, 15) is 13.6 Å². The number of nitrogens with zero attached hydrogens (tertiary/aromatic N) is 2. The van der Waals surface area contributed by atoms with Crippen molar-refractivity contribution in [3.8, 4) is 6.07 Å². The predicted octanol–water partition coefficient (Wildman–Crippen LogP) is 2.27. The third-order valence-electron chi connectivity index (χ3n) is 3.30. The number of benzene rings is 1. The number of rotatable bonds is 2. The van der Waals surface area contributed by atoms with Gasteiger partial charge in [-0.25, -0.2) is 8.78 Å². The molecule has 0 bridgehead atoms. The second-order valence-electron chi connectivity index (χ2n) is 4.73. The van der Waals surface area contributed by atoms with Crippen LogP contribution in [0.5, 0.6) is 0 Å². The third kappa shape index (κ3) is 3.28. The first-order valence-electron chi connectivity index (χ1n) is 6.21. The summed E-state index contributed by atoms with van der Waals surface area (Å²) in [5, 5.41) is 8.87. The number of halogens is 2. The Bertz CT molecular complexity index is 525. The van der Waals surface area contributed by atoms with E-state index >= 15 is 0 Å². The Morgan fingerprint density at radius 1 is 1.42 bits per heavy atom. The van der Waals surface area contributed by atoms with Gasteiger partial charge in [-0.3, -0.25) is 4.79 Å². The Labute approximate surface area is 110 Å². The Balaban J connectivity index is 2.00. The standard InChI is InChI=1S/C14H14F2N2O/c15-12-4-3-10(6-13(12)16)7-14(19)18-5-1-2-11(8-17)9-18/h3-4,6,11H,1-2,5,7,9H2. The number of nitriles is 1. The number of amides is 1. The fourth-order valence-corrected chi connectivity index (χ4v) is 2.25. The molecule has 1 unspecified atom stereocenters.